The number of hydrogen-bond acceptors (Lipinski definition) is 4. The summed E-state index contributed by atoms with van der Waals surface area (Å²) in [4.78, 5) is 11.0. The smallest absolute Gasteiger partial charge is 0.303 e. The monoisotopic (exact) mass is 242 g/mol. The molecule has 0 aliphatic carbocycles. The van der Waals surface area contributed by atoms with Crippen molar-refractivity contribution < 1.29 is 19.0 Å². The molecule has 0 aromatic rings. The van der Waals surface area contributed by atoms with Crippen LogP contribution in [0.2, 0.25) is 0 Å². The molecule has 4 atom stereocenters. The van der Waals surface area contributed by atoms with Gasteiger partial charge in [-0.25, -0.2) is 0 Å². The fourth-order valence-corrected chi connectivity index (χ4v) is 2.60. The first-order valence-corrected chi connectivity index (χ1v) is 5.98. The molecule has 0 bridgehead atoms. The Morgan fingerprint density at radius 2 is 2.35 bits per heavy atom. The first-order valence-electron chi connectivity index (χ1n) is 5.98. The lowest BCUT2D eigenvalue weighted by molar-refractivity contribution is -0.153. The molecule has 0 radical (unpaired) electrons. The van der Waals surface area contributed by atoms with E-state index in [9.17, 15) is 4.79 Å². The zero-order valence-corrected chi connectivity index (χ0v) is 11.1. The zero-order chi connectivity index (χ0) is 13.1. The largest absolute Gasteiger partial charge is 0.457 e. The lowest BCUT2D eigenvalue weighted by atomic mass is 9.81. The average molecular weight is 242 g/mol. The van der Waals surface area contributed by atoms with E-state index in [0.717, 1.165) is 6.42 Å². The Morgan fingerprint density at radius 1 is 1.71 bits per heavy atom. The Labute approximate surface area is 103 Å². The van der Waals surface area contributed by atoms with Crippen LogP contribution in [0.4, 0.5) is 0 Å². The summed E-state index contributed by atoms with van der Waals surface area (Å²) < 4.78 is 16.6. The summed E-state index contributed by atoms with van der Waals surface area (Å²) >= 11 is 0. The van der Waals surface area contributed by atoms with Crippen molar-refractivity contribution in [1.29, 1.82) is 0 Å². The van der Waals surface area contributed by atoms with Crippen molar-refractivity contribution in [1.82, 2.24) is 0 Å². The lowest BCUT2D eigenvalue weighted by Crippen LogP contribution is -2.49. The van der Waals surface area contributed by atoms with Gasteiger partial charge < -0.3 is 14.2 Å². The fraction of sp³-hybridized carbons (Fsp3) is 0.769. The maximum Gasteiger partial charge on any atom is 0.303 e. The summed E-state index contributed by atoms with van der Waals surface area (Å²) in [5, 5.41) is 0. The zero-order valence-electron chi connectivity index (χ0n) is 11.1. The minimum Gasteiger partial charge on any atom is -0.457 e. The second-order valence-corrected chi connectivity index (χ2v) is 4.45. The Kier molecular flexibility index (Phi) is 4.71. The molecule has 1 aliphatic rings. The Bertz CT molecular complexity index is 289. The molecule has 0 N–H and O–H groups in total. The molecule has 1 rings (SSSR count). The second kappa shape index (κ2) is 5.65. The molecule has 0 spiro atoms. The topological polar surface area (TPSA) is 44.8 Å². The summed E-state index contributed by atoms with van der Waals surface area (Å²) in [5.41, 5.74) is -0.448. The van der Waals surface area contributed by atoms with Crippen LogP contribution in [0.1, 0.15) is 27.2 Å². The predicted molar refractivity (Wildman–Crippen MR) is 64.7 cm³/mol. The highest BCUT2D eigenvalue weighted by Crippen LogP contribution is 2.39. The molecular weight excluding hydrogens is 220 g/mol. The highest BCUT2D eigenvalue weighted by molar-refractivity contribution is 5.66. The third-order valence-corrected chi connectivity index (χ3v) is 3.58. The van der Waals surface area contributed by atoms with Gasteiger partial charge in [-0.3, -0.25) is 4.79 Å². The van der Waals surface area contributed by atoms with Crippen LogP contribution in [0.25, 0.3) is 0 Å². The van der Waals surface area contributed by atoms with Crippen LogP contribution in [-0.4, -0.2) is 37.5 Å². The quantitative estimate of drug-likeness (QED) is 0.546. The van der Waals surface area contributed by atoms with E-state index < -0.39 is 5.60 Å². The van der Waals surface area contributed by atoms with E-state index in [-0.39, 0.29) is 24.1 Å². The normalized spacial score (nSPS) is 34.4. The maximum absolute atomic E-state index is 11.0. The lowest BCUT2D eigenvalue weighted by Gasteiger charge is -2.37. The van der Waals surface area contributed by atoms with Crippen molar-refractivity contribution in [2.45, 2.75) is 45.0 Å². The van der Waals surface area contributed by atoms with Gasteiger partial charge in [0.1, 0.15) is 11.7 Å². The molecule has 1 aliphatic heterocycles. The molecule has 1 heterocycles. The van der Waals surface area contributed by atoms with Gasteiger partial charge in [0.15, 0.2) is 6.10 Å². The SMILES string of the molecule is C=C[C@H](C)[C@@]1(CC)OC[C@H](OC(C)=O)[C@@H]1OC. The average Bonchev–Trinajstić information content (AvgIpc) is 2.66. The van der Waals surface area contributed by atoms with Crippen molar-refractivity contribution >= 4 is 5.97 Å². The standard InChI is InChI=1S/C13H22O4/c1-6-9(3)13(7-2)12(15-5)11(8-16-13)17-10(4)14/h6,9,11-12H,1,7-8H2,2-5H3/t9-,11-,12-,13+/m0/s1. The molecule has 0 amide bonds. The molecule has 4 nitrogen and oxygen atoms in total. The third-order valence-electron chi connectivity index (χ3n) is 3.58. The molecule has 1 saturated heterocycles. The van der Waals surface area contributed by atoms with Crippen LogP contribution in [0.3, 0.4) is 0 Å². The number of hydrogen-bond donors (Lipinski definition) is 0. The highest BCUT2D eigenvalue weighted by Gasteiger charge is 2.53. The number of carbonyl (C=O) groups is 1. The number of rotatable bonds is 5. The number of carbonyl (C=O) groups excluding carboxylic acids is 1. The van der Waals surface area contributed by atoms with Gasteiger partial charge in [0.25, 0.3) is 0 Å². The minimum absolute atomic E-state index is 0.137. The molecule has 0 saturated carbocycles. The molecule has 17 heavy (non-hydrogen) atoms. The predicted octanol–water partition coefficient (Wildman–Crippen LogP) is 1.93. The Morgan fingerprint density at radius 3 is 2.76 bits per heavy atom. The van der Waals surface area contributed by atoms with E-state index in [1.165, 1.54) is 6.92 Å². The van der Waals surface area contributed by atoms with Crippen molar-refractivity contribution in [2.24, 2.45) is 5.92 Å². The number of methoxy groups -OCH3 is 1. The molecular formula is C13H22O4. The van der Waals surface area contributed by atoms with E-state index in [0.29, 0.717) is 6.61 Å². The van der Waals surface area contributed by atoms with Crippen LogP contribution >= 0.6 is 0 Å². The van der Waals surface area contributed by atoms with Crippen molar-refractivity contribution in [3.63, 3.8) is 0 Å². The molecule has 98 valence electrons. The van der Waals surface area contributed by atoms with Crippen molar-refractivity contribution in [3.8, 4) is 0 Å². The van der Waals surface area contributed by atoms with Crippen LogP contribution in [0, 0.1) is 5.92 Å². The van der Waals surface area contributed by atoms with Crippen molar-refractivity contribution in [3.05, 3.63) is 12.7 Å². The van der Waals surface area contributed by atoms with E-state index in [1.54, 1.807) is 7.11 Å². The van der Waals surface area contributed by atoms with Crippen LogP contribution in [0.15, 0.2) is 12.7 Å². The summed E-state index contributed by atoms with van der Waals surface area (Å²) in [6.45, 7) is 9.67. The van der Waals surface area contributed by atoms with Gasteiger partial charge in [-0.15, -0.1) is 6.58 Å². The Hall–Kier alpha value is -0.870. The first kappa shape index (κ1) is 14.2. The Balaban J connectivity index is 2.93. The first-order chi connectivity index (χ1) is 8.01. The molecule has 4 heteroatoms. The van der Waals surface area contributed by atoms with Gasteiger partial charge in [0.05, 0.1) is 6.61 Å². The maximum atomic E-state index is 11.0. The summed E-state index contributed by atoms with van der Waals surface area (Å²) in [7, 11) is 1.62. The number of esters is 1. The van der Waals surface area contributed by atoms with Gasteiger partial charge in [0, 0.05) is 20.0 Å². The van der Waals surface area contributed by atoms with Gasteiger partial charge >= 0.3 is 5.97 Å². The van der Waals surface area contributed by atoms with Crippen LogP contribution in [0.5, 0.6) is 0 Å². The summed E-state index contributed by atoms with van der Waals surface area (Å²) in [6.07, 6.45) is 2.06. The summed E-state index contributed by atoms with van der Waals surface area (Å²) in [5.74, 6) is -0.170. The number of ether oxygens (including phenoxy) is 3. The van der Waals surface area contributed by atoms with E-state index >= 15 is 0 Å². The fourth-order valence-electron chi connectivity index (χ4n) is 2.60. The highest BCUT2D eigenvalue weighted by atomic mass is 16.6. The molecule has 0 aromatic carbocycles. The van der Waals surface area contributed by atoms with Crippen molar-refractivity contribution in [2.75, 3.05) is 13.7 Å². The second-order valence-electron chi connectivity index (χ2n) is 4.45. The van der Waals surface area contributed by atoms with E-state index in [2.05, 4.69) is 6.58 Å². The van der Waals surface area contributed by atoms with Gasteiger partial charge in [-0.2, -0.15) is 0 Å². The third kappa shape index (κ3) is 2.53. The van der Waals surface area contributed by atoms with Gasteiger partial charge in [-0.05, 0) is 6.42 Å². The molecule has 0 aromatic heterocycles. The van der Waals surface area contributed by atoms with Crippen LogP contribution < -0.4 is 0 Å². The minimum atomic E-state index is -0.448. The molecule has 1 fully saturated rings. The van der Waals surface area contributed by atoms with E-state index in [4.69, 9.17) is 14.2 Å². The van der Waals surface area contributed by atoms with E-state index in [1.807, 2.05) is 19.9 Å². The van der Waals surface area contributed by atoms with Crippen LogP contribution in [-0.2, 0) is 19.0 Å². The van der Waals surface area contributed by atoms with Gasteiger partial charge in [-0.1, -0.05) is 19.9 Å². The van der Waals surface area contributed by atoms with Gasteiger partial charge in [0.2, 0.25) is 0 Å². The molecule has 0 unspecified atom stereocenters. The summed E-state index contributed by atoms with van der Waals surface area (Å²) in [6, 6.07) is 0.